The van der Waals surface area contributed by atoms with Crippen LogP contribution in [0.3, 0.4) is 0 Å². The highest BCUT2D eigenvalue weighted by molar-refractivity contribution is 5.89. The summed E-state index contributed by atoms with van der Waals surface area (Å²) in [5.74, 6) is 0.830. The van der Waals surface area contributed by atoms with Gasteiger partial charge in [0, 0.05) is 30.5 Å². The van der Waals surface area contributed by atoms with E-state index in [1.807, 2.05) is 61.3 Å². The number of aromatic nitrogens is 1. The van der Waals surface area contributed by atoms with Crippen LogP contribution in [0.2, 0.25) is 0 Å². The van der Waals surface area contributed by atoms with Gasteiger partial charge < -0.3 is 20.2 Å². The quantitative estimate of drug-likeness (QED) is 0.882. The molecule has 1 atom stereocenters. The Morgan fingerprint density at radius 1 is 1.28 bits per heavy atom. The predicted octanol–water partition coefficient (Wildman–Crippen LogP) is 2.62. The first-order valence-corrected chi connectivity index (χ1v) is 8.49. The number of benzene rings is 1. The third-order valence-electron chi connectivity index (χ3n) is 4.59. The Bertz CT molecular complexity index is 735. The van der Waals surface area contributed by atoms with Gasteiger partial charge in [-0.05, 0) is 31.5 Å². The summed E-state index contributed by atoms with van der Waals surface area (Å²) in [7, 11) is 1.95. The number of amides is 2. The van der Waals surface area contributed by atoms with E-state index in [1.54, 1.807) is 4.90 Å². The molecule has 0 saturated heterocycles. The zero-order valence-electron chi connectivity index (χ0n) is 14.6. The molecular weight excluding hydrogens is 316 g/mol. The van der Waals surface area contributed by atoms with Gasteiger partial charge in [-0.25, -0.2) is 9.78 Å². The molecule has 1 aliphatic rings. The molecule has 0 saturated carbocycles. The Morgan fingerprint density at radius 2 is 2.04 bits per heavy atom. The number of urea groups is 1. The van der Waals surface area contributed by atoms with Gasteiger partial charge in [0.25, 0.3) is 0 Å². The van der Waals surface area contributed by atoms with E-state index >= 15 is 0 Å². The standard InChI is InChI=1S/C19H24N4O2/c1-14-8-9-15-12-23(19(25)21-16-6-4-3-5-7-16)11-10-17(13-24)22(2)18(15)20-14/h3-9,17,24H,10-13H2,1-2H3,(H,21,25)/t17-/m0/s1. The summed E-state index contributed by atoms with van der Waals surface area (Å²) in [4.78, 5) is 21.1. The lowest BCUT2D eigenvalue weighted by Gasteiger charge is -2.35. The minimum absolute atomic E-state index is 0.0275. The third-order valence-corrected chi connectivity index (χ3v) is 4.59. The Balaban J connectivity index is 1.86. The summed E-state index contributed by atoms with van der Waals surface area (Å²) in [5.41, 5.74) is 2.67. The Kier molecular flexibility index (Phi) is 5.19. The van der Waals surface area contributed by atoms with Gasteiger partial charge in [-0.2, -0.15) is 0 Å². The first kappa shape index (κ1) is 17.2. The zero-order chi connectivity index (χ0) is 17.8. The van der Waals surface area contributed by atoms with Crippen LogP contribution in [0, 0.1) is 6.92 Å². The van der Waals surface area contributed by atoms with Crippen molar-refractivity contribution in [3.05, 3.63) is 53.7 Å². The molecule has 0 unspecified atom stereocenters. The summed E-state index contributed by atoms with van der Waals surface area (Å²) in [6, 6.07) is 13.2. The van der Waals surface area contributed by atoms with Gasteiger partial charge in [0.15, 0.2) is 0 Å². The number of rotatable bonds is 2. The molecule has 1 aromatic carbocycles. The van der Waals surface area contributed by atoms with Crippen LogP contribution in [0.5, 0.6) is 0 Å². The second-order valence-electron chi connectivity index (χ2n) is 6.39. The molecule has 1 aromatic heterocycles. The van der Waals surface area contributed by atoms with E-state index in [0.29, 0.717) is 19.5 Å². The van der Waals surface area contributed by atoms with Crippen molar-refractivity contribution in [2.45, 2.75) is 25.9 Å². The number of aliphatic hydroxyl groups is 1. The van der Waals surface area contributed by atoms with Gasteiger partial charge in [-0.3, -0.25) is 0 Å². The fraction of sp³-hybridized carbons (Fsp3) is 0.368. The summed E-state index contributed by atoms with van der Waals surface area (Å²) in [6.45, 7) is 3.03. The second-order valence-corrected chi connectivity index (χ2v) is 6.39. The molecule has 0 fully saturated rings. The number of nitrogens with zero attached hydrogens (tertiary/aromatic N) is 3. The fourth-order valence-corrected chi connectivity index (χ4v) is 3.07. The fourth-order valence-electron chi connectivity index (χ4n) is 3.07. The number of aryl methyl sites for hydroxylation is 1. The zero-order valence-corrected chi connectivity index (χ0v) is 14.6. The molecule has 2 heterocycles. The maximum absolute atomic E-state index is 12.7. The predicted molar refractivity (Wildman–Crippen MR) is 98.7 cm³/mol. The van der Waals surface area contributed by atoms with Crippen molar-refractivity contribution >= 4 is 17.5 Å². The van der Waals surface area contributed by atoms with Gasteiger partial charge in [0.05, 0.1) is 19.2 Å². The molecule has 132 valence electrons. The van der Waals surface area contributed by atoms with Crippen LogP contribution in [0.25, 0.3) is 0 Å². The number of carbonyl (C=O) groups excluding carboxylic acids is 1. The first-order valence-electron chi connectivity index (χ1n) is 8.49. The normalized spacial score (nSPS) is 17.5. The molecule has 2 N–H and O–H groups in total. The molecule has 6 nitrogen and oxygen atoms in total. The number of fused-ring (bicyclic) bond motifs is 1. The van der Waals surface area contributed by atoms with Gasteiger partial charge in [-0.15, -0.1) is 0 Å². The van der Waals surface area contributed by atoms with E-state index < -0.39 is 0 Å². The Hall–Kier alpha value is -2.60. The van der Waals surface area contributed by atoms with Crippen LogP contribution < -0.4 is 10.2 Å². The van der Waals surface area contributed by atoms with Gasteiger partial charge in [0.2, 0.25) is 0 Å². The molecule has 6 heteroatoms. The Morgan fingerprint density at radius 3 is 2.76 bits per heavy atom. The molecule has 0 spiro atoms. The first-order chi connectivity index (χ1) is 12.1. The Labute approximate surface area is 148 Å². The maximum atomic E-state index is 12.7. The van der Waals surface area contributed by atoms with E-state index in [0.717, 1.165) is 22.8 Å². The average molecular weight is 340 g/mol. The maximum Gasteiger partial charge on any atom is 0.322 e. The minimum atomic E-state index is -0.140. The lowest BCUT2D eigenvalue weighted by atomic mass is 10.1. The van der Waals surface area contributed by atoms with Crippen molar-refractivity contribution in [2.24, 2.45) is 0 Å². The van der Waals surface area contributed by atoms with E-state index in [4.69, 9.17) is 0 Å². The van der Waals surface area contributed by atoms with Crippen LogP contribution in [0.1, 0.15) is 17.7 Å². The molecule has 0 aliphatic carbocycles. The van der Waals surface area contributed by atoms with E-state index in [1.165, 1.54) is 0 Å². The van der Waals surface area contributed by atoms with Gasteiger partial charge >= 0.3 is 6.03 Å². The summed E-state index contributed by atoms with van der Waals surface area (Å²) in [6.07, 6.45) is 0.685. The lowest BCUT2D eigenvalue weighted by molar-refractivity contribution is 0.196. The average Bonchev–Trinajstić information content (AvgIpc) is 2.61. The number of hydrogen-bond acceptors (Lipinski definition) is 4. The molecule has 3 rings (SSSR count). The monoisotopic (exact) mass is 340 g/mol. The van der Waals surface area contributed by atoms with E-state index in [9.17, 15) is 9.90 Å². The second kappa shape index (κ2) is 7.53. The summed E-state index contributed by atoms with van der Waals surface area (Å²) >= 11 is 0. The number of likely N-dealkylation sites (N-methyl/N-ethyl adjacent to an activating group) is 1. The highest BCUT2D eigenvalue weighted by Crippen LogP contribution is 2.25. The number of hydrogen-bond donors (Lipinski definition) is 2. The molecule has 0 radical (unpaired) electrons. The van der Waals surface area contributed by atoms with Crippen molar-refractivity contribution in [3.8, 4) is 0 Å². The van der Waals surface area contributed by atoms with Gasteiger partial charge in [-0.1, -0.05) is 24.3 Å². The summed E-state index contributed by atoms with van der Waals surface area (Å²) in [5, 5.41) is 12.7. The van der Waals surface area contributed by atoms with Crippen LogP contribution in [-0.4, -0.2) is 47.3 Å². The SMILES string of the molecule is Cc1ccc2c(n1)N(C)[C@H](CO)CCN(C(=O)Nc1ccccc1)C2. The van der Waals surface area contributed by atoms with E-state index in [-0.39, 0.29) is 18.7 Å². The smallest absolute Gasteiger partial charge is 0.322 e. The molecule has 25 heavy (non-hydrogen) atoms. The van der Waals surface area contributed by atoms with Crippen LogP contribution in [0.15, 0.2) is 42.5 Å². The number of para-hydroxylation sites is 1. The third kappa shape index (κ3) is 3.91. The number of aliphatic hydroxyl groups excluding tert-OH is 1. The topological polar surface area (TPSA) is 68.7 Å². The molecule has 2 amide bonds. The number of anilines is 2. The van der Waals surface area contributed by atoms with Crippen LogP contribution >= 0.6 is 0 Å². The van der Waals surface area contributed by atoms with Crippen LogP contribution in [-0.2, 0) is 6.54 Å². The van der Waals surface area contributed by atoms with E-state index in [2.05, 4.69) is 10.3 Å². The molecule has 2 aromatic rings. The van der Waals surface area contributed by atoms with Crippen molar-refractivity contribution in [1.82, 2.24) is 9.88 Å². The lowest BCUT2D eigenvalue weighted by Crippen LogP contribution is -2.44. The van der Waals surface area contributed by atoms with Crippen LogP contribution in [0.4, 0.5) is 16.3 Å². The number of pyridine rings is 1. The van der Waals surface area contributed by atoms with Crippen molar-refractivity contribution in [2.75, 3.05) is 30.4 Å². The highest BCUT2D eigenvalue weighted by atomic mass is 16.3. The minimum Gasteiger partial charge on any atom is -0.394 e. The summed E-state index contributed by atoms with van der Waals surface area (Å²) < 4.78 is 0. The molecule has 0 bridgehead atoms. The van der Waals surface area contributed by atoms with Crippen molar-refractivity contribution in [3.63, 3.8) is 0 Å². The van der Waals surface area contributed by atoms with Crippen molar-refractivity contribution in [1.29, 1.82) is 0 Å². The largest absolute Gasteiger partial charge is 0.394 e. The van der Waals surface area contributed by atoms with Crippen molar-refractivity contribution < 1.29 is 9.90 Å². The molecule has 1 aliphatic heterocycles. The number of carbonyl (C=O) groups is 1. The van der Waals surface area contributed by atoms with Gasteiger partial charge in [0.1, 0.15) is 5.82 Å². The number of nitrogens with one attached hydrogen (secondary N) is 1. The highest BCUT2D eigenvalue weighted by Gasteiger charge is 2.26. The molecular formula is C19H24N4O2.